The number of nitrogens with one attached hydrogen (secondary N) is 2. The van der Waals surface area contributed by atoms with Gasteiger partial charge in [0.15, 0.2) is 0 Å². The molecule has 2 heterocycles. The third-order valence-corrected chi connectivity index (χ3v) is 12.3. The van der Waals surface area contributed by atoms with Gasteiger partial charge in [-0.05, 0) is 84.4 Å². The van der Waals surface area contributed by atoms with Gasteiger partial charge < -0.3 is 45.7 Å². The van der Waals surface area contributed by atoms with Gasteiger partial charge in [-0.2, -0.15) is 0 Å². The second kappa shape index (κ2) is 27.9. The summed E-state index contributed by atoms with van der Waals surface area (Å²) in [7, 11) is 2.08. The molecule has 0 aromatic heterocycles. The summed E-state index contributed by atoms with van der Waals surface area (Å²) in [4.78, 5) is 93.0. The topological polar surface area (TPSA) is 190 Å². The third kappa shape index (κ3) is 15.9. The molecule has 351 valence electrons. The first kappa shape index (κ1) is 56.7. The summed E-state index contributed by atoms with van der Waals surface area (Å²) < 4.78 is 20.9. The van der Waals surface area contributed by atoms with E-state index < -0.39 is 36.2 Å². The summed E-state index contributed by atoms with van der Waals surface area (Å²) in [5.74, 6) is -2.10. The summed E-state index contributed by atoms with van der Waals surface area (Å²) in [6, 6.07) is 17.4. The van der Waals surface area contributed by atoms with Crippen LogP contribution in [0.15, 0.2) is 60.7 Å². The van der Waals surface area contributed by atoms with E-state index in [9.17, 15) is 33.6 Å². The van der Waals surface area contributed by atoms with E-state index in [0.29, 0.717) is 57.8 Å². The summed E-state index contributed by atoms with van der Waals surface area (Å²) >= 11 is 0. The maximum atomic E-state index is 13.2. The van der Waals surface area contributed by atoms with Crippen LogP contribution in [0.1, 0.15) is 99.0 Å². The van der Waals surface area contributed by atoms with Crippen LogP contribution in [0.2, 0.25) is 0 Å². The third-order valence-electron chi connectivity index (χ3n) is 12.3. The van der Waals surface area contributed by atoms with Gasteiger partial charge in [-0.1, -0.05) is 68.1 Å². The second-order valence-corrected chi connectivity index (χ2v) is 16.5. The van der Waals surface area contributed by atoms with Crippen molar-refractivity contribution < 1.29 is 83.5 Å². The van der Waals surface area contributed by atoms with Crippen molar-refractivity contribution in [1.29, 1.82) is 0 Å². The molecule has 0 spiro atoms. The number of carbonyl (C=O) groups is 7. The molecule has 4 fully saturated rings. The van der Waals surface area contributed by atoms with Gasteiger partial charge in [-0.15, -0.1) is 0 Å². The maximum Gasteiger partial charge on any atom is 1.00 e. The molecule has 2 aliphatic carbocycles. The molecule has 7 atom stereocenters. The van der Waals surface area contributed by atoms with E-state index >= 15 is 0 Å². The molecule has 4 amide bonds. The van der Waals surface area contributed by atoms with E-state index in [-0.39, 0.29) is 121 Å². The van der Waals surface area contributed by atoms with Crippen molar-refractivity contribution in [2.75, 3.05) is 33.4 Å². The molecule has 18 heteroatoms. The van der Waals surface area contributed by atoms with Crippen LogP contribution in [0.25, 0.3) is 0 Å². The summed E-state index contributed by atoms with van der Waals surface area (Å²) in [6.07, 6.45) is 2.83. The molecular weight excluding hydrogens is 844 g/mol. The van der Waals surface area contributed by atoms with Crippen molar-refractivity contribution in [1.82, 2.24) is 25.3 Å². The van der Waals surface area contributed by atoms with Gasteiger partial charge in [-0.3, -0.25) is 24.0 Å². The van der Waals surface area contributed by atoms with Crippen molar-refractivity contribution >= 4 is 50.1 Å². The monoisotopic (exact) mass is 912 g/mol. The van der Waals surface area contributed by atoms with E-state index in [1.54, 1.807) is 23.6 Å². The fraction of sp³-hybridized carbons (Fsp3) is 0.596. The SMILES string of the molecule is C.CCOC(=O)[C@@H]1CC(=O)CCC1N1CC[C@H](NC(=O)OCc2ccccc2)C1=O.CCOC(=O)[C@@H]1C[C@H](N(C)C(C)C)CCC1N1CC[C@H](NC(=O)OCc2ccccc2)C1=O.[B].[H-].[Na+]. The number of Topliss-reactive ketones (excluding diaryl/α,β-unsaturated/α-hetero) is 1. The number of hydrogen-bond acceptors (Lipinski definition) is 12. The molecule has 2 unspecified atom stereocenters. The van der Waals surface area contributed by atoms with Crippen LogP contribution >= 0.6 is 0 Å². The van der Waals surface area contributed by atoms with Gasteiger partial charge in [-0.25, -0.2) is 9.59 Å². The number of esters is 2. The van der Waals surface area contributed by atoms with Gasteiger partial charge in [0.2, 0.25) is 11.8 Å². The first-order valence-electron chi connectivity index (χ1n) is 21.9. The fourth-order valence-corrected chi connectivity index (χ4v) is 8.80. The smallest absolute Gasteiger partial charge is 1.00 e. The van der Waals surface area contributed by atoms with E-state index in [1.807, 2.05) is 60.7 Å². The van der Waals surface area contributed by atoms with Crippen LogP contribution in [-0.4, -0.2) is 134 Å². The number of likely N-dealkylation sites (tertiary alicyclic amines) is 2. The van der Waals surface area contributed by atoms with Gasteiger partial charge in [0.25, 0.3) is 0 Å². The number of nitrogens with zero attached hydrogens (tertiary/aromatic N) is 3. The Morgan fingerprint density at radius 1 is 0.692 bits per heavy atom. The molecule has 6 rings (SSSR count). The molecule has 16 nitrogen and oxygen atoms in total. The Bertz CT molecular complexity index is 1870. The second-order valence-electron chi connectivity index (χ2n) is 16.5. The number of hydrogen-bond donors (Lipinski definition) is 2. The zero-order valence-corrected chi connectivity index (χ0v) is 40.2. The van der Waals surface area contributed by atoms with Gasteiger partial charge in [0.1, 0.15) is 31.1 Å². The molecule has 2 N–H and O–H groups in total. The number of benzene rings is 2. The Balaban J connectivity index is 0.000000626. The molecule has 2 saturated carbocycles. The summed E-state index contributed by atoms with van der Waals surface area (Å²) in [5.41, 5.74) is 1.73. The first-order valence-corrected chi connectivity index (χ1v) is 21.9. The van der Waals surface area contributed by atoms with Gasteiger partial charge in [0.05, 0.1) is 25.0 Å². The quantitative estimate of drug-likeness (QED) is 0.160. The maximum absolute atomic E-state index is 13.2. The van der Waals surface area contributed by atoms with Crippen molar-refractivity contribution in [3.05, 3.63) is 71.8 Å². The fourth-order valence-electron chi connectivity index (χ4n) is 8.80. The molecule has 3 radical (unpaired) electrons. The summed E-state index contributed by atoms with van der Waals surface area (Å²) in [5, 5.41) is 5.31. The number of rotatable bonds is 14. The Morgan fingerprint density at radius 3 is 1.58 bits per heavy atom. The summed E-state index contributed by atoms with van der Waals surface area (Å²) in [6.45, 7) is 9.52. The standard InChI is InChI=1S/C25H37N3O5.C21H26N2O6.CH4.B.Na.H/c1-5-32-24(30)20-15-19(27(4)17(2)3)11-12-22(20)28-14-13-21(23(28)29)26-25(31)33-16-18-9-7-6-8-10-18;1-2-28-20(26)16-12-15(24)8-9-18(16)23-11-10-17(19(23)25)22-21(27)29-13-14-6-4-3-5-7-14;;;;/h6-10,17,19-22H,5,11-16H2,1-4H3,(H,26,31);3-7,16-18H,2,8-13H2,1H3,(H,22,27);1H4;;;/q;;;;+1;-1/t19-,20-,21+,22?;16-,17+,18?;;;;/m11..../s1. The molecule has 65 heavy (non-hydrogen) atoms. The van der Waals surface area contributed by atoms with Crippen molar-refractivity contribution in [3.63, 3.8) is 0 Å². The molecular formula is C47H68BN5NaO11. The van der Waals surface area contributed by atoms with Crippen molar-refractivity contribution in [2.45, 2.75) is 136 Å². The molecule has 2 aromatic carbocycles. The van der Waals surface area contributed by atoms with E-state index in [1.165, 1.54) is 0 Å². The van der Waals surface area contributed by atoms with Gasteiger partial charge in [0, 0.05) is 58.5 Å². The van der Waals surface area contributed by atoms with Crippen molar-refractivity contribution in [2.24, 2.45) is 11.8 Å². The largest absolute Gasteiger partial charge is 1.00 e. The number of amides is 4. The van der Waals surface area contributed by atoms with E-state index in [4.69, 9.17) is 18.9 Å². The molecule has 4 aliphatic rings. The normalized spacial score (nSPS) is 23.7. The van der Waals surface area contributed by atoms with E-state index in [0.717, 1.165) is 24.0 Å². The number of ether oxygens (including phenoxy) is 4. The minimum atomic E-state index is -0.696. The number of carbonyl (C=O) groups excluding carboxylic acids is 7. The minimum Gasteiger partial charge on any atom is -1.00 e. The predicted molar refractivity (Wildman–Crippen MR) is 241 cm³/mol. The average molecular weight is 913 g/mol. The number of ketones is 1. The minimum absolute atomic E-state index is 0. The Labute approximate surface area is 409 Å². The Kier molecular flexibility index (Phi) is 24.3. The van der Waals surface area contributed by atoms with Crippen LogP contribution in [0.4, 0.5) is 9.59 Å². The van der Waals surface area contributed by atoms with E-state index in [2.05, 4.69) is 36.4 Å². The predicted octanol–water partition coefficient (Wildman–Crippen LogP) is 2.14. The molecule has 0 bridgehead atoms. The zero-order valence-electron chi connectivity index (χ0n) is 39.2. The van der Waals surface area contributed by atoms with Gasteiger partial charge >= 0.3 is 53.7 Å². The molecule has 2 aromatic rings. The zero-order chi connectivity index (χ0) is 44.8. The van der Waals surface area contributed by atoms with Crippen LogP contribution < -0.4 is 40.2 Å². The van der Waals surface area contributed by atoms with Crippen LogP contribution in [0.5, 0.6) is 0 Å². The first-order chi connectivity index (χ1) is 29.8. The number of alkyl carbamates (subject to hydrolysis) is 2. The molecule has 2 aliphatic heterocycles. The van der Waals surface area contributed by atoms with Crippen LogP contribution in [-0.2, 0) is 56.1 Å². The van der Waals surface area contributed by atoms with Crippen molar-refractivity contribution in [3.8, 4) is 0 Å². The molecule has 2 saturated heterocycles. The average Bonchev–Trinajstić information content (AvgIpc) is 3.82. The van der Waals surface area contributed by atoms with Crippen LogP contribution in [0.3, 0.4) is 0 Å². The van der Waals surface area contributed by atoms with Crippen LogP contribution in [0, 0.1) is 11.8 Å². The Hall–Kier alpha value is -4.45. The Morgan fingerprint density at radius 2 is 1.14 bits per heavy atom.